The fourth-order valence-electron chi connectivity index (χ4n) is 4.37. The minimum atomic E-state index is -1.59. The summed E-state index contributed by atoms with van der Waals surface area (Å²) in [5.74, 6) is -3.59. The Kier molecular flexibility index (Phi) is 8.06. The van der Waals surface area contributed by atoms with Crippen molar-refractivity contribution in [1.29, 1.82) is 0 Å². The number of benzene rings is 2. The molecule has 34 heavy (non-hydrogen) atoms. The monoisotopic (exact) mass is 456 g/mol. The van der Waals surface area contributed by atoms with E-state index < -0.39 is 35.0 Å². The SMILES string of the molecule is C=CCC(/C=C/c1ccccc1)C1(C(/C=C/c2ccccc2)CC=C)C(=O)OC(C)(C)OC1=O. The molecule has 4 heteroatoms. The number of carbonyl (C=O) groups excluding carboxylic acids is 2. The van der Waals surface area contributed by atoms with Crippen molar-refractivity contribution in [3.63, 3.8) is 0 Å². The molecule has 2 aromatic carbocycles. The summed E-state index contributed by atoms with van der Waals surface area (Å²) >= 11 is 0. The van der Waals surface area contributed by atoms with Gasteiger partial charge in [-0.25, -0.2) is 0 Å². The van der Waals surface area contributed by atoms with Crippen LogP contribution in [0.15, 0.2) is 98.1 Å². The molecule has 2 atom stereocenters. The molecule has 0 saturated carbocycles. The number of ether oxygens (including phenoxy) is 2. The van der Waals surface area contributed by atoms with E-state index >= 15 is 0 Å². The molecule has 0 spiro atoms. The molecular weight excluding hydrogens is 424 g/mol. The van der Waals surface area contributed by atoms with E-state index in [4.69, 9.17) is 9.47 Å². The third-order valence-corrected chi connectivity index (χ3v) is 6.00. The fraction of sp³-hybridized carbons (Fsp3) is 0.267. The van der Waals surface area contributed by atoms with E-state index in [9.17, 15) is 9.59 Å². The van der Waals surface area contributed by atoms with Gasteiger partial charge in [0.15, 0.2) is 5.41 Å². The maximum atomic E-state index is 13.7. The van der Waals surface area contributed by atoms with Crippen LogP contribution < -0.4 is 0 Å². The van der Waals surface area contributed by atoms with Crippen LogP contribution in [0.3, 0.4) is 0 Å². The van der Waals surface area contributed by atoms with Crippen molar-refractivity contribution in [2.24, 2.45) is 17.3 Å². The molecule has 4 nitrogen and oxygen atoms in total. The first-order chi connectivity index (χ1) is 16.3. The van der Waals surface area contributed by atoms with Crippen LogP contribution in [0, 0.1) is 17.3 Å². The molecular formula is C30H32O4. The van der Waals surface area contributed by atoms with Crippen molar-refractivity contribution in [3.05, 3.63) is 109 Å². The van der Waals surface area contributed by atoms with Crippen LogP contribution in [-0.2, 0) is 19.1 Å². The molecule has 3 rings (SSSR count). The Morgan fingerprint density at radius 3 is 1.47 bits per heavy atom. The van der Waals surface area contributed by atoms with Gasteiger partial charge in [-0.05, 0) is 24.0 Å². The van der Waals surface area contributed by atoms with E-state index in [-0.39, 0.29) is 0 Å². The summed E-state index contributed by atoms with van der Waals surface area (Å²) in [5.41, 5.74) is 0.337. The molecule has 1 aliphatic heterocycles. The van der Waals surface area contributed by atoms with E-state index in [1.807, 2.05) is 85.0 Å². The first-order valence-corrected chi connectivity index (χ1v) is 11.5. The standard InChI is InChI=1S/C30H32O4/c1-5-13-25(21-19-23-15-9-7-10-16-23)30(27(31)33-29(3,4)34-28(30)32)26(14-6-2)22-20-24-17-11-8-12-18-24/h5-12,15-22,25-26H,1-2,13-14H2,3-4H3/b21-19+,22-20+. The summed E-state index contributed by atoms with van der Waals surface area (Å²) in [6.07, 6.45) is 11.8. The van der Waals surface area contributed by atoms with E-state index in [2.05, 4.69) is 13.2 Å². The zero-order chi connectivity index (χ0) is 24.6. The maximum Gasteiger partial charge on any atom is 0.328 e. The van der Waals surface area contributed by atoms with Gasteiger partial charge in [0.05, 0.1) is 0 Å². The molecule has 1 fully saturated rings. The van der Waals surface area contributed by atoms with Gasteiger partial charge >= 0.3 is 11.9 Å². The van der Waals surface area contributed by atoms with Gasteiger partial charge in [0.2, 0.25) is 0 Å². The molecule has 0 radical (unpaired) electrons. The van der Waals surface area contributed by atoms with Crippen LogP contribution >= 0.6 is 0 Å². The first-order valence-electron chi connectivity index (χ1n) is 11.5. The van der Waals surface area contributed by atoms with Crippen LogP contribution in [0.25, 0.3) is 12.2 Å². The Hall–Kier alpha value is -3.66. The fourth-order valence-corrected chi connectivity index (χ4v) is 4.37. The van der Waals surface area contributed by atoms with Gasteiger partial charge in [-0.3, -0.25) is 9.59 Å². The molecule has 176 valence electrons. The normalized spacial score (nSPS) is 18.8. The molecule has 0 aromatic heterocycles. The summed E-state index contributed by atoms with van der Waals surface area (Å²) in [6.45, 7) is 10.9. The smallest absolute Gasteiger partial charge is 0.328 e. The lowest BCUT2D eigenvalue weighted by molar-refractivity contribution is -0.257. The Bertz CT molecular complexity index is 978. The highest BCUT2D eigenvalue weighted by molar-refractivity contribution is 6.03. The number of hydrogen-bond acceptors (Lipinski definition) is 4. The average Bonchev–Trinajstić information content (AvgIpc) is 2.81. The molecule has 0 N–H and O–H groups in total. The predicted octanol–water partition coefficient (Wildman–Crippen LogP) is 6.62. The minimum Gasteiger partial charge on any atom is -0.422 e. The van der Waals surface area contributed by atoms with Crippen molar-refractivity contribution in [1.82, 2.24) is 0 Å². The van der Waals surface area contributed by atoms with Gasteiger partial charge < -0.3 is 9.47 Å². The maximum absolute atomic E-state index is 13.7. The number of allylic oxidation sites excluding steroid dienone is 4. The van der Waals surface area contributed by atoms with E-state index in [1.165, 1.54) is 0 Å². The second-order valence-corrected chi connectivity index (χ2v) is 8.85. The van der Waals surface area contributed by atoms with Gasteiger partial charge in [0, 0.05) is 25.7 Å². The van der Waals surface area contributed by atoms with E-state index in [0.717, 1.165) is 11.1 Å². The van der Waals surface area contributed by atoms with Gasteiger partial charge in [-0.15, -0.1) is 13.2 Å². The minimum absolute atomic E-state index is 0.390. The van der Waals surface area contributed by atoms with Gasteiger partial charge in [0.1, 0.15) is 0 Å². The summed E-state index contributed by atoms with van der Waals surface area (Å²) in [5, 5.41) is 0. The predicted molar refractivity (Wildman–Crippen MR) is 136 cm³/mol. The molecule has 2 aromatic rings. The Labute approximate surface area is 202 Å². The Morgan fingerprint density at radius 2 is 1.12 bits per heavy atom. The van der Waals surface area contributed by atoms with Gasteiger partial charge in [-0.1, -0.05) is 97.1 Å². The van der Waals surface area contributed by atoms with Gasteiger partial charge in [-0.2, -0.15) is 0 Å². The third-order valence-electron chi connectivity index (χ3n) is 6.00. The number of hydrogen-bond donors (Lipinski definition) is 0. The molecule has 1 saturated heterocycles. The molecule has 1 aliphatic rings. The number of esters is 2. The van der Waals surface area contributed by atoms with Crippen LogP contribution in [0.1, 0.15) is 37.8 Å². The summed E-state index contributed by atoms with van der Waals surface area (Å²) in [4.78, 5) is 27.5. The Balaban J connectivity index is 2.15. The highest BCUT2D eigenvalue weighted by Gasteiger charge is 2.62. The van der Waals surface area contributed by atoms with Crippen LogP contribution in [0.5, 0.6) is 0 Å². The summed E-state index contributed by atoms with van der Waals surface area (Å²) in [7, 11) is 0. The zero-order valence-electron chi connectivity index (χ0n) is 19.9. The lowest BCUT2D eigenvalue weighted by atomic mass is 9.63. The average molecular weight is 457 g/mol. The molecule has 0 amide bonds. The molecule has 1 heterocycles. The Morgan fingerprint density at radius 1 is 0.735 bits per heavy atom. The van der Waals surface area contributed by atoms with Crippen molar-refractivity contribution < 1.29 is 19.1 Å². The molecule has 0 aliphatic carbocycles. The number of cyclic esters (lactones) is 2. The second-order valence-electron chi connectivity index (χ2n) is 8.85. The largest absolute Gasteiger partial charge is 0.422 e. The number of rotatable bonds is 10. The molecule has 0 bridgehead atoms. The summed E-state index contributed by atoms with van der Waals surface area (Å²) < 4.78 is 11.4. The quantitative estimate of drug-likeness (QED) is 0.229. The lowest BCUT2D eigenvalue weighted by Gasteiger charge is -2.46. The van der Waals surface area contributed by atoms with E-state index in [0.29, 0.717) is 12.8 Å². The van der Waals surface area contributed by atoms with Crippen LogP contribution in [0.4, 0.5) is 0 Å². The molecule has 2 unspecified atom stereocenters. The van der Waals surface area contributed by atoms with Gasteiger partial charge in [0.25, 0.3) is 5.79 Å². The van der Waals surface area contributed by atoms with Crippen LogP contribution in [-0.4, -0.2) is 17.7 Å². The van der Waals surface area contributed by atoms with E-state index in [1.54, 1.807) is 26.0 Å². The number of carbonyl (C=O) groups is 2. The van der Waals surface area contributed by atoms with Crippen molar-refractivity contribution in [2.75, 3.05) is 0 Å². The lowest BCUT2D eigenvalue weighted by Crippen LogP contribution is -2.60. The summed E-state index contributed by atoms with van der Waals surface area (Å²) in [6, 6.07) is 19.5. The van der Waals surface area contributed by atoms with Crippen molar-refractivity contribution in [2.45, 2.75) is 32.5 Å². The highest BCUT2D eigenvalue weighted by Crippen LogP contribution is 2.48. The topological polar surface area (TPSA) is 52.6 Å². The zero-order valence-corrected chi connectivity index (χ0v) is 19.9. The highest BCUT2D eigenvalue weighted by atomic mass is 16.7. The van der Waals surface area contributed by atoms with Crippen molar-refractivity contribution in [3.8, 4) is 0 Å². The second kappa shape index (κ2) is 11.0. The van der Waals surface area contributed by atoms with Crippen molar-refractivity contribution >= 4 is 24.1 Å². The third kappa shape index (κ3) is 5.45. The first kappa shape index (κ1) is 25.0. The van der Waals surface area contributed by atoms with Crippen LogP contribution in [0.2, 0.25) is 0 Å².